The van der Waals surface area contributed by atoms with E-state index in [9.17, 15) is 4.79 Å². The molecule has 1 amide bonds. The molecule has 0 unspecified atom stereocenters. The van der Waals surface area contributed by atoms with Crippen LogP contribution in [0.15, 0.2) is 36.5 Å². The minimum Gasteiger partial charge on any atom is -0.352 e. The van der Waals surface area contributed by atoms with Gasteiger partial charge in [0.25, 0.3) is 0 Å². The molecular weight excluding hydrogens is 248 g/mol. The van der Waals surface area contributed by atoms with Crippen LogP contribution in [0.25, 0.3) is 10.9 Å². The number of benzene rings is 1. The highest BCUT2D eigenvalue weighted by Gasteiger charge is 2.22. The third kappa shape index (κ3) is 2.72. The van der Waals surface area contributed by atoms with Crippen molar-refractivity contribution in [2.45, 2.75) is 45.2 Å². The van der Waals surface area contributed by atoms with Gasteiger partial charge in [-0.05, 0) is 36.3 Å². The Morgan fingerprint density at radius 2 is 2.05 bits per heavy atom. The van der Waals surface area contributed by atoms with E-state index >= 15 is 0 Å². The Balaban J connectivity index is 1.66. The normalized spacial score (nSPS) is 22.9. The molecule has 3 nitrogen and oxygen atoms in total. The van der Waals surface area contributed by atoms with E-state index in [4.69, 9.17) is 0 Å². The second kappa shape index (κ2) is 5.70. The van der Waals surface area contributed by atoms with Crippen molar-refractivity contribution in [3.8, 4) is 0 Å². The van der Waals surface area contributed by atoms with Gasteiger partial charge in [-0.15, -0.1) is 0 Å². The van der Waals surface area contributed by atoms with Crippen LogP contribution in [0, 0.1) is 5.92 Å². The summed E-state index contributed by atoms with van der Waals surface area (Å²) in [6.07, 6.45) is 6.89. The Labute approximate surface area is 120 Å². The second-order valence-corrected chi connectivity index (χ2v) is 5.94. The zero-order chi connectivity index (χ0) is 13.9. The molecule has 1 aromatic carbocycles. The van der Waals surface area contributed by atoms with Gasteiger partial charge >= 0.3 is 0 Å². The molecule has 3 rings (SSSR count). The Kier molecular flexibility index (Phi) is 3.77. The van der Waals surface area contributed by atoms with E-state index in [0.717, 1.165) is 11.9 Å². The van der Waals surface area contributed by atoms with Gasteiger partial charge in [0, 0.05) is 17.8 Å². The SMILES string of the molecule is C[C@@H]1CCCC[C@@H]1NC(=O)Cn1ccc2ccccc21. The van der Waals surface area contributed by atoms with Gasteiger partial charge in [-0.2, -0.15) is 0 Å². The quantitative estimate of drug-likeness (QED) is 0.912. The topological polar surface area (TPSA) is 34.0 Å². The monoisotopic (exact) mass is 270 g/mol. The molecule has 1 aliphatic rings. The Hall–Kier alpha value is -1.77. The highest BCUT2D eigenvalue weighted by atomic mass is 16.2. The van der Waals surface area contributed by atoms with Crippen molar-refractivity contribution < 1.29 is 4.79 Å². The van der Waals surface area contributed by atoms with Gasteiger partial charge in [0.2, 0.25) is 5.91 Å². The van der Waals surface area contributed by atoms with Crippen molar-refractivity contribution in [3.63, 3.8) is 0 Å². The molecule has 1 fully saturated rings. The maximum Gasteiger partial charge on any atom is 0.240 e. The molecule has 1 aromatic heterocycles. The molecule has 0 bridgehead atoms. The van der Waals surface area contributed by atoms with Crippen LogP contribution in [-0.2, 0) is 11.3 Å². The number of nitrogens with one attached hydrogen (secondary N) is 1. The van der Waals surface area contributed by atoms with E-state index in [-0.39, 0.29) is 5.91 Å². The molecule has 2 aromatic rings. The van der Waals surface area contributed by atoms with Crippen molar-refractivity contribution in [1.82, 2.24) is 9.88 Å². The van der Waals surface area contributed by atoms with Gasteiger partial charge in [-0.1, -0.05) is 38.0 Å². The lowest BCUT2D eigenvalue weighted by Gasteiger charge is -2.29. The van der Waals surface area contributed by atoms with Crippen LogP contribution in [0.5, 0.6) is 0 Å². The summed E-state index contributed by atoms with van der Waals surface area (Å²) in [5.41, 5.74) is 1.12. The van der Waals surface area contributed by atoms with E-state index < -0.39 is 0 Å². The van der Waals surface area contributed by atoms with Gasteiger partial charge in [-0.3, -0.25) is 4.79 Å². The highest BCUT2D eigenvalue weighted by molar-refractivity contribution is 5.83. The van der Waals surface area contributed by atoms with Crippen LogP contribution in [0.1, 0.15) is 32.6 Å². The van der Waals surface area contributed by atoms with E-state index in [2.05, 4.69) is 30.4 Å². The summed E-state index contributed by atoms with van der Waals surface area (Å²) in [6.45, 7) is 2.66. The third-order valence-electron chi connectivity index (χ3n) is 4.45. The number of para-hydroxylation sites is 1. The number of aromatic nitrogens is 1. The molecule has 106 valence electrons. The molecule has 0 saturated heterocycles. The van der Waals surface area contributed by atoms with Crippen LogP contribution in [0.4, 0.5) is 0 Å². The average Bonchev–Trinajstić information content (AvgIpc) is 2.85. The number of amides is 1. The van der Waals surface area contributed by atoms with Gasteiger partial charge in [0.15, 0.2) is 0 Å². The predicted molar refractivity (Wildman–Crippen MR) is 81.5 cm³/mol. The Morgan fingerprint density at radius 3 is 2.90 bits per heavy atom. The summed E-state index contributed by atoms with van der Waals surface area (Å²) in [5.74, 6) is 0.735. The molecule has 20 heavy (non-hydrogen) atoms. The minimum atomic E-state index is 0.130. The van der Waals surface area contributed by atoms with E-state index in [1.807, 2.05) is 22.9 Å². The summed E-state index contributed by atoms with van der Waals surface area (Å²) in [7, 11) is 0. The number of carbonyl (C=O) groups is 1. The molecular formula is C17H22N2O. The average molecular weight is 270 g/mol. The Morgan fingerprint density at radius 1 is 1.25 bits per heavy atom. The lowest BCUT2D eigenvalue weighted by molar-refractivity contribution is -0.122. The smallest absolute Gasteiger partial charge is 0.240 e. The van der Waals surface area contributed by atoms with Gasteiger partial charge in [0.05, 0.1) is 0 Å². The van der Waals surface area contributed by atoms with Crippen LogP contribution in [0.3, 0.4) is 0 Å². The van der Waals surface area contributed by atoms with Crippen LogP contribution >= 0.6 is 0 Å². The fourth-order valence-electron chi connectivity index (χ4n) is 3.22. The first-order valence-corrected chi connectivity index (χ1v) is 7.57. The molecule has 0 aliphatic heterocycles. The van der Waals surface area contributed by atoms with Crippen LogP contribution < -0.4 is 5.32 Å². The van der Waals surface area contributed by atoms with Crippen molar-refractivity contribution in [3.05, 3.63) is 36.5 Å². The van der Waals surface area contributed by atoms with Gasteiger partial charge < -0.3 is 9.88 Å². The van der Waals surface area contributed by atoms with Crippen LogP contribution in [-0.4, -0.2) is 16.5 Å². The largest absolute Gasteiger partial charge is 0.352 e. The molecule has 1 aliphatic carbocycles. The third-order valence-corrected chi connectivity index (χ3v) is 4.45. The first-order valence-electron chi connectivity index (χ1n) is 7.57. The van der Waals surface area contributed by atoms with Crippen molar-refractivity contribution in [2.75, 3.05) is 0 Å². The standard InChI is InChI=1S/C17H22N2O/c1-13-6-2-4-8-15(13)18-17(20)12-19-11-10-14-7-3-5-9-16(14)19/h3,5,7,9-11,13,15H,2,4,6,8,12H2,1H3,(H,18,20)/t13-,15+/m1/s1. The number of rotatable bonds is 3. The highest BCUT2D eigenvalue weighted by Crippen LogP contribution is 2.23. The summed E-state index contributed by atoms with van der Waals surface area (Å²) >= 11 is 0. The lowest BCUT2D eigenvalue weighted by Crippen LogP contribution is -2.42. The van der Waals surface area contributed by atoms with Crippen molar-refractivity contribution >= 4 is 16.8 Å². The predicted octanol–water partition coefficient (Wildman–Crippen LogP) is 3.34. The molecule has 0 spiro atoms. The Bertz CT molecular complexity index is 602. The molecule has 0 radical (unpaired) electrons. The zero-order valence-corrected chi connectivity index (χ0v) is 12.0. The number of fused-ring (bicyclic) bond motifs is 1. The lowest BCUT2D eigenvalue weighted by atomic mass is 9.86. The zero-order valence-electron chi connectivity index (χ0n) is 12.0. The maximum absolute atomic E-state index is 12.2. The molecule has 3 heteroatoms. The fourth-order valence-corrected chi connectivity index (χ4v) is 3.22. The fraction of sp³-hybridized carbons (Fsp3) is 0.471. The van der Waals surface area contributed by atoms with Crippen LogP contribution in [0.2, 0.25) is 0 Å². The van der Waals surface area contributed by atoms with Gasteiger partial charge in [0.1, 0.15) is 6.54 Å². The van der Waals surface area contributed by atoms with Gasteiger partial charge in [-0.25, -0.2) is 0 Å². The molecule has 1 saturated carbocycles. The number of hydrogen-bond donors (Lipinski definition) is 1. The molecule has 1 heterocycles. The van der Waals surface area contributed by atoms with E-state index in [1.165, 1.54) is 24.6 Å². The number of hydrogen-bond acceptors (Lipinski definition) is 1. The van der Waals surface area contributed by atoms with Crippen molar-refractivity contribution in [1.29, 1.82) is 0 Å². The van der Waals surface area contributed by atoms with E-state index in [1.54, 1.807) is 0 Å². The number of nitrogens with zero attached hydrogens (tertiary/aromatic N) is 1. The first-order chi connectivity index (χ1) is 9.74. The summed E-state index contributed by atoms with van der Waals surface area (Å²) in [5, 5.41) is 4.40. The first kappa shape index (κ1) is 13.2. The summed E-state index contributed by atoms with van der Waals surface area (Å²) in [4.78, 5) is 12.2. The second-order valence-electron chi connectivity index (χ2n) is 5.94. The maximum atomic E-state index is 12.2. The van der Waals surface area contributed by atoms with Crippen molar-refractivity contribution in [2.24, 2.45) is 5.92 Å². The van der Waals surface area contributed by atoms with E-state index in [0.29, 0.717) is 18.5 Å². The molecule has 1 N–H and O–H groups in total. The summed E-state index contributed by atoms with van der Waals surface area (Å²) in [6, 6.07) is 10.6. The summed E-state index contributed by atoms with van der Waals surface area (Å²) < 4.78 is 2.03. The molecule has 2 atom stereocenters. The minimum absolute atomic E-state index is 0.130. The number of carbonyl (C=O) groups excluding carboxylic acids is 1.